The number of anilines is 1. The molecule has 1 aromatic heterocycles. The molecule has 2 aromatic rings. The molecule has 3 rings (SSSR count). The first-order valence-electron chi connectivity index (χ1n) is 9.20. The van der Waals surface area contributed by atoms with Gasteiger partial charge in [0.1, 0.15) is 5.82 Å². The van der Waals surface area contributed by atoms with Crippen LogP contribution in [0.3, 0.4) is 0 Å². The number of hydrogen-bond acceptors (Lipinski definition) is 4. The highest BCUT2D eigenvalue weighted by molar-refractivity contribution is 5.79. The van der Waals surface area contributed by atoms with Crippen molar-refractivity contribution in [2.75, 3.05) is 32.1 Å². The molecule has 0 aliphatic carbocycles. The Kier molecular flexibility index (Phi) is 5.89. The van der Waals surface area contributed by atoms with Crippen LogP contribution in [0, 0.1) is 11.8 Å². The van der Waals surface area contributed by atoms with E-state index in [2.05, 4.69) is 46.4 Å². The normalized spacial score (nSPS) is 20.1. The SMILES string of the molecule is C[C@@H]1CN(Cc2ccccc2)C[C@H]1C(=O)NCc1cccnc1N(C)C. The highest BCUT2D eigenvalue weighted by atomic mass is 16.1. The average molecular weight is 352 g/mol. The van der Waals surface area contributed by atoms with E-state index in [0.717, 1.165) is 31.0 Å². The summed E-state index contributed by atoms with van der Waals surface area (Å²) in [5.74, 6) is 1.44. The molecule has 2 heterocycles. The highest BCUT2D eigenvalue weighted by Gasteiger charge is 2.34. The molecule has 5 nitrogen and oxygen atoms in total. The molecule has 138 valence electrons. The number of pyridine rings is 1. The number of rotatable bonds is 6. The van der Waals surface area contributed by atoms with E-state index in [0.29, 0.717) is 12.5 Å². The molecular formula is C21H28N4O. The molecule has 2 atom stereocenters. The zero-order valence-corrected chi connectivity index (χ0v) is 15.9. The first kappa shape index (κ1) is 18.4. The van der Waals surface area contributed by atoms with Crippen molar-refractivity contribution in [3.05, 3.63) is 59.8 Å². The molecule has 1 aliphatic heterocycles. The van der Waals surface area contributed by atoms with E-state index in [1.165, 1.54) is 5.56 Å². The molecule has 0 unspecified atom stereocenters. The third-order valence-corrected chi connectivity index (χ3v) is 5.02. The van der Waals surface area contributed by atoms with Crippen LogP contribution in [0.15, 0.2) is 48.7 Å². The number of nitrogens with zero attached hydrogens (tertiary/aromatic N) is 3. The Balaban J connectivity index is 1.57. The molecule has 0 saturated carbocycles. The number of amides is 1. The van der Waals surface area contributed by atoms with Gasteiger partial charge in [0.25, 0.3) is 0 Å². The van der Waals surface area contributed by atoms with Crippen molar-refractivity contribution >= 4 is 11.7 Å². The lowest BCUT2D eigenvalue weighted by molar-refractivity contribution is -0.125. The van der Waals surface area contributed by atoms with E-state index >= 15 is 0 Å². The number of aromatic nitrogens is 1. The van der Waals surface area contributed by atoms with Crippen molar-refractivity contribution in [2.24, 2.45) is 11.8 Å². The Labute approximate surface area is 156 Å². The summed E-state index contributed by atoms with van der Waals surface area (Å²) in [4.78, 5) is 21.5. The minimum Gasteiger partial charge on any atom is -0.362 e. The van der Waals surface area contributed by atoms with Gasteiger partial charge in [-0.2, -0.15) is 0 Å². The third kappa shape index (κ3) is 4.41. The number of nitrogens with one attached hydrogen (secondary N) is 1. The van der Waals surface area contributed by atoms with Crippen molar-refractivity contribution in [3.8, 4) is 0 Å². The summed E-state index contributed by atoms with van der Waals surface area (Å²) in [6, 6.07) is 14.4. The third-order valence-electron chi connectivity index (χ3n) is 5.02. The molecule has 1 saturated heterocycles. The van der Waals surface area contributed by atoms with Crippen LogP contribution in [0.5, 0.6) is 0 Å². The summed E-state index contributed by atoms with van der Waals surface area (Å²) < 4.78 is 0. The van der Waals surface area contributed by atoms with E-state index in [1.807, 2.05) is 37.2 Å². The molecule has 1 amide bonds. The van der Waals surface area contributed by atoms with Crippen LogP contribution >= 0.6 is 0 Å². The second-order valence-electron chi connectivity index (χ2n) is 7.36. The molecule has 26 heavy (non-hydrogen) atoms. The van der Waals surface area contributed by atoms with Gasteiger partial charge >= 0.3 is 0 Å². The Hall–Kier alpha value is -2.40. The lowest BCUT2D eigenvalue weighted by atomic mass is 9.97. The zero-order chi connectivity index (χ0) is 18.5. The Morgan fingerprint density at radius 2 is 1.96 bits per heavy atom. The maximum absolute atomic E-state index is 12.7. The number of benzene rings is 1. The van der Waals surface area contributed by atoms with Crippen molar-refractivity contribution < 1.29 is 4.79 Å². The fraction of sp³-hybridized carbons (Fsp3) is 0.429. The van der Waals surface area contributed by atoms with E-state index in [9.17, 15) is 4.79 Å². The summed E-state index contributed by atoms with van der Waals surface area (Å²) in [5, 5.41) is 3.12. The van der Waals surface area contributed by atoms with Gasteiger partial charge in [0, 0.05) is 52.0 Å². The number of carbonyl (C=O) groups excluding carboxylic acids is 1. The standard InChI is InChI=1S/C21H28N4O/c1-16-13-25(14-17-8-5-4-6-9-17)15-19(16)21(26)23-12-18-10-7-11-22-20(18)24(2)3/h4-11,16,19H,12-15H2,1-3H3,(H,23,26)/t16-,19-/m1/s1. The molecular weight excluding hydrogens is 324 g/mol. The van der Waals surface area contributed by atoms with Crippen LogP contribution in [0.4, 0.5) is 5.82 Å². The minimum atomic E-state index is 0.0400. The largest absolute Gasteiger partial charge is 0.362 e. The van der Waals surface area contributed by atoms with Crippen molar-refractivity contribution in [3.63, 3.8) is 0 Å². The van der Waals surface area contributed by atoms with Crippen molar-refractivity contribution in [1.29, 1.82) is 0 Å². The van der Waals surface area contributed by atoms with Crippen LogP contribution in [0.25, 0.3) is 0 Å². The van der Waals surface area contributed by atoms with Gasteiger partial charge < -0.3 is 10.2 Å². The predicted molar refractivity (Wildman–Crippen MR) is 105 cm³/mol. The van der Waals surface area contributed by atoms with E-state index in [-0.39, 0.29) is 11.8 Å². The van der Waals surface area contributed by atoms with Gasteiger partial charge in [0.05, 0.1) is 5.92 Å². The van der Waals surface area contributed by atoms with E-state index < -0.39 is 0 Å². The molecule has 0 spiro atoms. The quantitative estimate of drug-likeness (QED) is 0.868. The Bertz CT molecular complexity index is 732. The molecule has 1 aromatic carbocycles. The molecule has 0 bridgehead atoms. The van der Waals surface area contributed by atoms with E-state index in [1.54, 1.807) is 6.20 Å². The van der Waals surface area contributed by atoms with Crippen molar-refractivity contribution in [1.82, 2.24) is 15.2 Å². The maximum atomic E-state index is 12.7. The number of hydrogen-bond donors (Lipinski definition) is 1. The molecule has 1 fully saturated rings. The van der Waals surface area contributed by atoms with Crippen molar-refractivity contribution in [2.45, 2.75) is 20.0 Å². The summed E-state index contributed by atoms with van der Waals surface area (Å²) >= 11 is 0. The van der Waals surface area contributed by atoms with Gasteiger partial charge in [-0.25, -0.2) is 4.98 Å². The van der Waals surface area contributed by atoms with Crippen LogP contribution in [0.1, 0.15) is 18.1 Å². The lowest BCUT2D eigenvalue weighted by Gasteiger charge is -2.18. The topological polar surface area (TPSA) is 48.5 Å². The van der Waals surface area contributed by atoms with E-state index in [4.69, 9.17) is 0 Å². The van der Waals surface area contributed by atoms with Gasteiger partial charge in [-0.1, -0.05) is 43.3 Å². The average Bonchev–Trinajstić information content (AvgIpc) is 3.01. The summed E-state index contributed by atoms with van der Waals surface area (Å²) in [6.07, 6.45) is 1.78. The first-order chi connectivity index (χ1) is 12.5. The second kappa shape index (κ2) is 8.32. The molecule has 5 heteroatoms. The number of carbonyl (C=O) groups is 1. The number of likely N-dealkylation sites (tertiary alicyclic amines) is 1. The van der Waals surface area contributed by atoms with Crippen LogP contribution in [0.2, 0.25) is 0 Å². The lowest BCUT2D eigenvalue weighted by Crippen LogP contribution is -2.34. The second-order valence-corrected chi connectivity index (χ2v) is 7.36. The molecule has 1 aliphatic rings. The predicted octanol–water partition coefficient (Wildman–Crippen LogP) is 2.53. The minimum absolute atomic E-state index is 0.0400. The van der Waals surface area contributed by atoms with Crippen LogP contribution in [-0.2, 0) is 17.9 Å². The van der Waals surface area contributed by atoms with Gasteiger partial charge in [0.15, 0.2) is 0 Å². The smallest absolute Gasteiger partial charge is 0.224 e. The van der Waals surface area contributed by atoms with Gasteiger partial charge in [-0.3, -0.25) is 9.69 Å². The fourth-order valence-electron chi connectivity index (χ4n) is 3.66. The monoisotopic (exact) mass is 352 g/mol. The van der Waals surface area contributed by atoms with Gasteiger partial charge in [-0.15, -0.1) is 0 Å². The summed E-state index contributed by atoms with van der Waals surface area (Å²) in [6.45, 7) is 5.37. The van der Waals surface area contributed by atoms with Gasteiger partial charge in [-0.05, 0) is 17.5 Å². The maximum Gasteiger partial charge on any atom is 0.224 e. The van der Waals surface area contributed by atoms with Crippen LogP contribution in [-0.4, -0.2) is 43.0 Å². The Morgan fingerprint density at radius 3 is 2.69 bits per heavy atom. The molecule has 1 N–H and O–H groups in total. The highest BCUT2D eigenvalue weighted by Crippen LogP contribution is 2.25. The van der Waals surface area contributed by atoms with Gasteiger partial charge in [0.2, 0.25) is 5.91 Å². The fourth-order valence-corrected chi connectivity index (χ4v) is 3.66. The Morgan fingerprint density at radius 1 is 1.19 bits per heavy atom. The summed E-state index contributed by atoms with van der Waals surface area (Å²) in [7, 11) is 3.93. The first-order valence-corrected chi connectivity index (χ1v) is 9.20. The summed E-state index contributed by atoms with van der Waals surface area (Å²) in [5.41, 5.74) is 2.34. The zero-order valence-electron chi connectivity index (χ0n) is 15.9. The molecule has 0 radical (unpaired) electrons. The van der Waals surface area contributed by atoms with Crippen LogP contribution < -0.4 is 10.2 Å².